The van der Waals surface area contributed by atoms with Crippen molar-refractivity contribution < 1.29 is 18.3 Å². The number of hydrogen-bond acceptors (Lipinski definition) is 5. The van der Waals surface area contributed by atoms with E-state index in [4.69, 9.17) is 0 Å². The van der Waals surface area contributed by atoms with Gasteiger partial charge in [0.05, 0.1) is 11.8 Å². The highest BCUT2D eigenvalue weighted by molar-refractivity contribution is 7.88. The van der Waals surface area contributed by atoms with Crippen molar-refractivity contribution in [1.82, 2.24) is 14.5 Å². The van der Waals surface area contributed by atoms with Gasteiger partial charge >= 0.3 is 5.97 Å². The predicted molar refractivity (Wildman–Crippen MR) is 206 cm³/mol. The average Bonchev–Trinajstić information content (AvgIpc) is 3.45. The van der Waals surface area contributed by atoms with E-state index in [1.54, 1.807) is 4.31 Å². The molecule has 4 unspecified atom stereocenters. The zero-order valence-electron chi connectivity index (χ0n) is 33.1. The Bertz CT molecular complexity index is 1570. The topological polar surface area (TPSA) is 90.0 Å². The van der Waals surface area contributed by atoms with Crippen molar-refractivity contribution in [3.63, 3.8) is 0 Å². The summed E-state index contributed by atoms with van der Waals surface area (Å²) in [5, 5.41) is 13.8. The predicted octanol–water partition coefficient (Wildman–Crippen LogP) is 8.13. The number of rotatable bonds is 8. The molecule has 6 aliphatic rings. The molecule has 2 N–H and O–H groups in total. The van der Waals surface area contributed by atoms with Crippen LogP contribution in [0.3, 0.4) is 0 Å². The molecule has 51 heavy (non-hydrogen) atoms. The van der Waals surface area contributed by atoms with Crippen LogP contribution in [0.5, 0.6) is 0 Å². The highest BCUT2D eigenvalue weighted by atomic mass is 32.2. The summed E-state index contributed by atoms with van der Waals surface area (Å²) in [6.45, 7) is 23.2. The number of nitrogens with one attached hydrogen (secondary N) is 1. The number of benzene rings is 1. The highest BCUT2D eigenvalue weighted by Gasteiger charge is 2.71. The van der Waals surface area contributed by atoms with Crippen LogP contribution < -0.4 is 5.32 Å². The maximum Gasteiger partial charge on any atom is 0.335 e. The van der Waals surface area contributed by atoms with E-state index in [9.17, 15) is 18.3 Å². The Morgan fingerprint density at radius 1 is 0.843 bits per heavy atom. The molecule has 8 heteroatoms. The van der Waals surface area contributed by atoms with Crippen molar-refractivity contribution in [3.05, 3.63) is 35.4 Å². The van der Waals surface area contributed by atoms with Crippen LogP contribution in [0, 0.1) is 57.2 Å². The fourth-order valence-electron chi connectivity index (χ4n) is 14.9. The second-order valence-corrected chi connectivity index (χ2v) is 22.0. The number of nitrogens with zero attached hydrogens (tertiary/aromatic N) is 2. The molecule has 1 aromatic rings. The van der Waals surface area contributed by atoms with Crippen LogP contribution in [0.2, 0.25) is 0 Å². The van der Waals surface area contributed by atoms with Gasteiger partial charge in [0.25, 0.3) is 0 Å². The Labute approximate surface area is 310 Å². The first-order valence-corrected chi connectivity index (χ1v) is 22.5. The fraction of sp³-hybridized carbons (Fsp3) is 0.837. The smallest absolute Gasteiger partial charge is 0.335 e. The van der Waals surface area contributed by atoms with Crippen molar-refractivity contribution >= 4 is 16.0 Å². The van der Waals surface area contributed by atoms with Crippen molar-refractivity contribution in [2.75, 3.05) is 45.5 Å². The van der Waals surface area contributed by atoms with E-state index in [2.05, 4.69) is 70.8 Å². The summed E-state index contributed by atoms with van der Waals surface area (Å²) in [7, 11) is -3.10. The van der Waals surface area contributed by atoms with E-state index in [0.29, 0.717) is 52.7 Å². The van der Waals surface area contributed by atoms with Crippen molar-refractivity contribution in [1.29, 1.82) is 0 Å². The summed E-state index contributed by atoms with van der Waals surface area (Å²) < 4.78 is 25.8. The molecule has 0 aromatic heterocycles. The van der Waals surface area contributed by atoms with E-state index >= 15 is 0 Å². The molecule has 1 aliphatic heterocycles. The van der Waals surface area contributed by atoms with E-state index in [1.807, 2.05) is 12.1 Å². The number of hydrogen-bond donors (Lipinski definition) is 2. The maximum atomic E-state index is 12.1. The molecule has 1 saturated heterocycles. The van der Waals surface area contributed by atoms with Gasteiger partial charge in [0.2, 0.25) is 10.0 Å². The molecule has 10 atom stereocenters. The highest BCUT2D eigenvalue weighted by Crippen LogP contribution is 2.77. The second-order valence-electron chi connectivity index (χ2n) is 20.1. The first-order chi connectivity index (χ1) is 23.9. The van der Waals surface area contributed by atoms with Gasteiger partial charge in [-0.15, -0.1) is 0 Å². The van der Waals surface area contributed by atoms with Gasteiger partial charge in [0, 0.05) is 44.8 Å². The molecule has 5 aliphatic carbocycles. The van der Waals surface area contributed by atoms with Gasteiger partial charge < -0.3 is 10.4 Å². The minimum absolute atomic E-state index is 0.161. The molecule has 0 amide bonds. The minimum atomic E-state index is -3.10. The molecule has 7 nitrogen and oxygen atoms in total. The number of carboxylic acids is 1. The van der Waals surface area contributed by atoms with Crippen LogP contribution in [0.15, 0.2) is 24.3 Å². The fourth-order valence-corrected chi connectivity index (χ4v) is 15.7. The van der Waals surface area contributed by atoms with Crippen LogP contribution in [0.4, 0.5) is 0 Å². The first kappa shape index (κ1) is 37.8. The first-order valence-electron chi connectivity index (χ1n) is 20.6. The summed E-state index contributed by atoms with van der Waals surface area (Å²) in [4.78, 5) is 14.1. The number of carbonyl (C=O) groups is 1. The van der Waals surface area contributed by atoms with Crippen molar-refractivity contribution in [2.24, 2.45) is 57.2 Å². The Morgan fingerprint density at radius 3 is 2.16 bits per heavy atom. The molecule has 0 radical (unpaired) electrons. The number of carboxylic acid groups (broad SMARTS) is 1. The summed E-state index contributed by atoms with van der Waals surface area (Å²) in [6, 6.07) is 7.84. The standard InChI is InChI=1S/C43H69N3O4S/c1-29(2)32-15-20-43(44-23-24-45-25-27-46(28-26-45)51(8,49)50)22-21-41(6)34(37(32)43)13-14-36-40(5)18-16-33(30-9-11-31(12-10-30)38(47)48)39(3,4)35(40)17-19-42(36,41)7/h9-12,29,32-37,44H,13-28H2,1-8H3,(H,47,48)/t32-,33+,34?,35?,36?,37?,40-,41+,42+,43-/m0/s1. The van der Waals surface area contributed by atoms with Gasteiger partial charge in [0.1, 0.15) is 0 Å². The number of fused-ring (bicyclic) bond motifs is 7. The van der Waals surface area contributed by atoms with E-state index in [1.165, 1.54) is 76.0 Å². The zero-order valence-corrected chi connectivity index (χ0v) is 34.0. The van der Waals surface area contributed by atoms with Crippen molar-refractivity contribution in [3.8, 4) is 0 Å². The molecule has 6 fully saturated rings. The Kier molecular flexibility index (Phi) is 9.70. The summed E-state index contributed by atoms with van der Waals surface area (Å²) in [5.41, 5.74) is 3.10. The molecular formula is C43H69N3O4S. The number of aromatic carboxylic acids is 1. The monoisotopic (exact) mass is 724 g/mol. The lowest BCUT2D eigenvalue weighted by Crippen LogP contribution is -2.68. The Morgan fingerprint density at radius 2 is 1.53 bits per heavy atom. The third-order valence-electron chi connectivity index (χ3n) is 17.6. The van der Waals surface area contributed by atoms with E-state index < -0.39 is 16.0 Å². The number of sulfonamides is 1. The lowest BCUT2D eigenvalue weighted by Gasteiger charge is -2.73. The zero-order chi connectivity index (χ0) is 36.8. The number of piperazine rings is 1. The Balaban J connectivity index is 1.10. The van der Waals surface area contributed by atoms with Gasteiger partial charge in [-0.25, -0.2) is 13.2 Å². The molecule has 0 spiro atoms. The van der Waals surface area contributed by atoms with Crippen LogP contribution in [0.1, 0.15) is 135 Å². The van der Waals surface area contributed by atoms with Gasteiger partial charge in [-0.05, 0) is 145 Å². The van der Waals surface area contributed by atoms with E-state index in [0.717, 1.165) is 49.9 Å². The SMILES string of the molecule is CC(C)[C@@H]1CC[C@]2(NCCN3CCN(S(C)(=O)=O)CC3)CC[C@]3(C)C(CCC4[C@@]5(C)CC[C@H](c6ccc(C(=O)O)cc6)C(C)(C)C5CC[C@]43C)C12. The third-order valence-corrected chi connectivity index (χ3v) is 18.9. The molecule has 0 bridgehead atoms. The lowest BCUT2D eigenvalue weighted by atomic mass is 9.32. The molecular weight excluding hydrogens is 655 g/mol. The van der Waals surface area contributed by atoms with E-state index in [-0.39, 0.29) is 11.0 Å². The molecule has 7 rings (SSSR count). The third kappa shape index (κ3) is 5.98. The van der Waals surface area contributed by atoms with Gasteiger partial charge in [-0.2, -0.15) is 4.31 Å². The average molecular weight is 724 g/mol. The minimum Gasteiger partial charge on any atom is -0.478 e. The molecule has 286 valence electrons. The molecule has 5 saturated carbocycles. The van der Waals surface area contributed by atoms with Crippen LogP contribution in [0.25, 0.3) is 0 Å². The Hall–Kier alpha value is -1.48. The largest absolute Gasteiger partial charge is 0.478 e. The molecule has 1 heterocycles. The van der Waals surface area contributed by atoms with Gasteiger partial charge in [-0.1, -0.05) is 60.6 Å². The molecule has 1 aromatic carbocycles. The quantitative estimate of drug-likeness (QED) is 0.282. The van der Waals surface area contributed by atoms with Gasteiger partial charge in [-0.3, -0.25) is 4.90 Å². The van der Waals surface area contributed by atoms with Crippen LogP contribution >= 0.6 is 0 Å². The second kappa shape index (κ2) is 13.1. The lowest BCUT2D eigenvalue weighted by molar-refractivity contribution is -0.235. The van der Waals surface area contributed by atoms with Crippen molar-refractivity contribution in [2.45, 2.75) is 124 Å². The maximum absolute atomic E-state index is 12.1. The summed E-state index contributed by atoms with van der Waals surface area (Å²) in [6.07, 6.45) is 14.4. The summed E-state index contributed by atoms with van der Waals surface area (Å²) >= 11 is 0. The van der Waals surface area contributed by atoms with Crippen LogP contribution in [-0.2, 0) is 10.0 Å². The summed E-state index contributed by atoms with van der Waals surface area (Å²) in [5.74, 6) is 3.98. The van der Waals surface area contributed by atoms with Crippen LogP contribution in [-0.4, -0.2) is 79.8 Å². The van der Waals surface area contributed by atoms with Gasteiger partial charge in [0.15, 0.2) is 0 Å². The normalized spacial score (nSPS) is 42.8.